The number of rotatable bonds is 5. The molecule has 0 spiro atoms. The van der Waals surface area contributed by atoms with Crippen molar-refractivity contribution in [1.29, 1.82) is 0 Å². The van der Waals surface area contributed by atoms with Crippen LogP contribution in [0.5, 0.6) is 0 Å². The van der Waals surface area contributed by atoms with Crippen LogP contribution in [0.3, 0.4) is 0 Å². The van der Waals surface area contributed by atoms with Crippen molar-refractivity contribution in [2.24, 2.45) is 0 Å². The van der Waals surface area contributed by atoms with E-state index < -0.39 is 0 Å². The molecule has 0 bridgehead atoms. The van der Waals surface area contributed by atoms with Gasteiger partial charge in [0.1, 0.15) is 0 Å². The van der Waals surface area contributed by atoms with Gasteiger partial charge in [-0.1, -0.05) is 30.0 Å². The molecule has 2 saturated heterocycles. The maximum absolute atomic E-state index is 11.6. The largest absolute Gasteiger partial charge is 0.366 e. The van der Waals surface area contributed by atoms with Gasteiger partial charge in [-0.2, -0.15) is 0 Å². The number of carbonyl (C=O) groups excluding carboxylic acids is 2. The molecule has 1 atom stereocenters. The van der Waals surface area contributed by atoms with Crippen molar-refractivity contribution in [2.75, 3.05) is 43.4 Å². The second-order valence-electron chi connectivity index (χ2n) is 7.12. The summed E-state index contributed by atoms with van der Waals surface area (Å²) in [4.78, 5) is 29.8. The van der Waals surface area contributed by atoms with E-state index in [0.29, 0.717) is 18.3 Å². The molecule has 0 N–H and O–H groups in total. The van der Waals surface area contributed by atoms with Gasteiger partial charge in [-0.05, 0) is 43.9 Å². The summed E-state index contributed by atoms with van der Waals surface area (Å²) in [5.74, 6) is 0.300. The maximum Gasteiger partial charge on any atom is 0.288 e. The highest BCUT2D eigenvalue weighted by Crippen LogP contribution is 2.32. The van der Waals surface area contributed by atoms with Gasteiger partial charge in [0.25, 0.3) is 5.24 Å². The van der Waals surface area contributed by atoms with Crippen LogP contribution in [-0.4, -0.2) is 65.5 Å². The maximum atomic E-state index is 11.6. The van der Waals surface area contributed by atoms with Crippen LogP contribution >= 0.6 is 11.8 Å². The second-order valence-corrected chi connectivity index (χ2v) is 8.05. The predicted octanol–water partition coefficient (Wildman–Crippen LogP) is 2.60. The molecule has 0 aromatic heterocycles. The first kappa shape index (κ1) is 16.9. The number of piperazine rings is 1. The van der Waals surface area contributed by atoms with Gasteiger partial charge in [-0.15, -0.1) is 0 Å². The van der Waals surface area contributed by atoms with E-state index in [-0.39, 0.29) is 11.1 Å². The molecule has 0 radical (unpaired) electrons. The number of amides is 2. The lowest BCUT2D eigenvalue weighted by Gasteiger charge is -2.46. The van der Waals surface area contributed by atoms with Crippen LogP contribution in [0.2, 0.25) is 0 Å². The first-order chi connectivity index (χ1) is 12.2. The quantitative estimate of drug-likeness (QED) is 0.756. The molecule has 1 unspecified atom stereocenters. The lowest BCUT2D eigenvalue weighted by atomic mass is 9.94. The smallest absolute Gasteiger partial charge is 0.288 e. The molecule has 4 rings (SSSR count). The fraction of sp³-hybridized carbons (Fsp3) is 0.579. The van der Waals surface area contributed by atoms with Gasteiger partial charge in [0.05, 0.1) is 5.75 Å². The third-order valence-electron chi connectivity index (χ3n) is 5.56. The standard InChI is InChI=1S/C19H25N3O2S/c23-18-14-25-19(24)22(18)10-4-3-9-20-11-12-21-16(13-20)8-7-15-5-1-2-6-17(15)21/h1-2,5-6,16H,3-4,7-14H2. The van der Waals surface area contributed by atoms with Crippen molar-refractivity contribution in [3.05, 3.63) is 29.8 Å². The molecular formula is C19H25N3O2S. The Bertz CT molecular complexity index is 650. The lowest BCUT2D eigenvalue weighted by Crippen LogP contribution is -2.55. The average molecular weight is 359 g/mol. The zero-order valence-corrected chi connectivity index (χ0v) is 15.3. The summed E-state index contributed by atoms with van der Waals surface area (Å²) in [7, 11) is 0. The van der Waals surface area contributed by atoms with Crippen molar-refractivity contribution in [3.63, 3.8) is 0 Å². The molecule has 0 saturated carbocycles. The summed E-state index contributed by atoms with van der Waals surface area (Å²) in [5.41, 5.74) is 2.92. The summed E-state index contributed by atoms with van der Waals surface area (Å²) in [6.07, 6.45) is 4.38. The van der Waals surface area contributed by atoms with Crippen LogP contribution < -0.4 is 4.90 Å². The van der Waals surface area contributed by atoms with Crippen molar-refractivity contribution < 1.29 is 9.59 Å². The van der Waals surface area contributed by atoms with E-state index in [2.05, 4.69) is 34.1 Å². The minimum atomic E-state index is -0.0699. The van der Waals surface area contributed by atoms with E-state index in [9.17, 15) is 9.59 Å². The molecule has 0 aliphatic carbocycles. The summed E-state index contributed by atoms with van der Waals surface area (Å²) >= 11 is 1.13. The number of benzene rings is 1. The molecule has 3 heterocycles. The van der Waals surface area contributed by atoms with Crippen molar-refractivity contribution in [1.82, 2.24) is 9.80 Å². The molecule has 2 amide bonds. The molecular weight excluding hydrogens is 334 g/mol. The van der Waals surface area contributed by atoms with Crippen LogP contribution in [0.15, 0.2) is 24.3 Å². The molecule has 6 heteroatoms. The van der Waals surface area contributed by atoms with Crippen LogP contribution in [-0.2, 0) is 11.2 Å². The van der Waals surface area contributed by atoms with E-state index in [1.54, 1.807) is 0 Å². The third kappa shape index (κ3) is 3.55. The number of aryl methyl sites for hydroxylation is 1. The summed E-state index contributed by atoms with van der Waals surface area (Å²) in [5, 5.41) is -0.0699. The third-order valence-corrected chi connectivity index (χ3v) is 6.42. The SMILES string of the molecule is O=C1CSC(=O)N1CCCCN1CCN2c3ccccc3CCC2C1. The van der Waals surface area contributed by atoms with Gasteiger partial charge in [0, 0.05) is 37.9 Å². The Morgan fingerprint density at radius 2 is 1.92 bits per heavy atom. The molecule has 134 valence electrons. The molecule has 1 aromatic carbocycles. The van der Waals surface area contributed by atoms with Crippen LogP contribution in [0.25, 0.3) is 0 Å². The van der Waals surface area contributed by atoms with E-state index in [4.69, 9.17) is 0 Å². The summed E-state index contributed by atoms with van der Waals surface area (Å²) < 4.78 is 0. The number of hydrogen-bond acceptors (Lipinski definition) is 5. The van der Waals surface area contributed by atoms with Crippen molar-refractivity contribution in [2.45, 2.75) is 31.7 Å². The number of nitrogens with zero attached hydrogens (tertiary/aromatic N) is 3. The normalized spacial score (nSPS) is 23.8. The Morgan fingerprint density at radius 1 is 1.08 bits per heavy atom. The van der Waals surface area contributed by atoms with Crippen LogP contribution in [0.1, 0.15) is 24.8 Å². The first-order valence-corrected chi connectivity index (χ1v) is 10.2. The monoisotopic (exact) mass is 359 g/mol. The van der Waals surface area contributed by atoms with E-state index in [1.165, 1.54) is 29.0 Å². The number of thioether (sulfide) groups is 1. The van der Waals surface area contributed by atoms with Crippen LogP contribution in [0, 0.1) is 0 Å². The predicted molar refractivity (Wildman–Crippen MR) is 101 cm³/mol. The molecule has 3 aliphatic heterocycles. The number of para-hydroxylation sites is 1. The minimum Gasteiger partial charge on any atom is -0.366 e. The highest BCUT2D eigenvalue weighted by molar-refractivity contribution is 8.14. The zero-order valence-electron chi connectivity index (χ0n) is 14.5. The van der Waals surface area contributed by atoms with Gasteiger partial charge in [-0.25, -0.2) is 0 Å². The average Bonchev–Trinajstić information content (AvgIpc) is 2.96. The molecule has 1 aromatic rings. The van der Waals surface area contributed by atoms with Crippen molar-refractivity contribution >= 4 is 28.6 Å². The topological polar surface area (TPSA) is 43.9 Å². The minimum absolute atomic E-state index is 0.0236. The van der Waals surface area contributed by atoms with Gasteiger partial charge >= 0.3 is 0 Å². The Balaban J connectivity index is 1.24. The number of imide groups is 1. The molecule has 2 fully saturated rings. The van der Waals surface area contributed by atoms with Crippen LogP contribution in [0.4, 0.5) is 10.5 Å². The molecule has 5 nitrogen and oxygen atoms in total. The van der Waals surface area contributed by atoms with E-state index >= 15 is 0 Å². The number of unbranched alkanes of at least 4 members (excludes halogenated alkanes) is 1. The summed E-state index contributed by atoms with van der Waals surface area (Å²) in [6, 6.07) is 9.44. The number of hydrogen-bond donors (Lipinski definition) is 0. The molecule has 25 heavy (non-hydrogen) atoms. The van der Waals surface area contributed by atoms with Gasteiger partial charge < -0.3 is 4.90 Å². The highest BCUT2D eigenvalue weighted by atomic mass is 32.2. The lowest BCUT2D eigenvalue weighted by molar-refractivity contribution is -0.124. The Kier molecular flexibility index (Phi) is 4.99. The second kappa shape index (κ2) is 7.38. The van der Waals surface area contributed by atoms with E-state index in [0.717, 1.165) is 50.8 Å². The fourth-order valence-electron chi connectivity index (χ4n) is 4.21. The Morgan fingerprint density at radius 3 is 2.76 bits per heavy atom. The van der Waals surface area contributed by atoms with Gasteiger partial charge in [0.2, 0.25) is 5.91 Å². The summed E-state index contributed by atoms with van der Waals surface area (Å²) in [6.45, 7) is 4.98. The van der Waals surface area contributed by atoms with Gasteiger partial charge in [0.15, 0.2) is 0 Å². The zero-order chi connectivity index (χ0) is 17.2. The fourth-order valence-corrected chi connectivity index (χ4v) is 4.97. The number of anilines is 1. The van der Waals surface area contributed by atoms with Crippen molar-refractivity contribution in [3.8, 4) is 0 Å². The number of carbonyl (C=O) groups is 2. The Labute approximate surface area is 153 Å². The van der Waals surface area contributed by atoms with E-state index in [1.807, 2.05) is 0 Å². The molecule has 3 aliphatic rings. The number of fused-ring (bicyclic) bond motifs is 3. The van der Waals surface area contributed by atoms with Gasteiger partial charge in [-0.3, -0.25) is 19.4 Å². The first-order valence-electron chi connectivity index (χ1n) is 9.26. The Hall–Kier alpha value is -1.53. The highest BCUT2D eigenvalue weighted by Gasteiger charge is 2.31.